The Balaban J connectivity index is 2.40. The lowest BCUT2D eigenvalue weighted by molar-refractivity contribution is 0.417. The van der Waals surface area contributed by atoms with Crippen LogP contribution in [0.25, 0.3) is 0 Å². The molecule has 0 fully saturated rings. The first-order valence-corrected chi connectivity index (χ1v) is 4.36. The van der Waals surface area contributed by atoms with Crippen molar-refractivity contribution >= 4 is 0 Å². The molecule has 0 bridgehead atoms. The van der Waals surface area contributed by atoms with Crippen LogP contribution >= 0.6 is 0 Å². The highest BCUT2D eigenvalue weighted by atomic mass is 14.1. The van der Waals surface area contributed by atoms with Crippen molar-refractivity contribution in [1.29, 1.82) is 0 Å². The molecule has 1 rings (SSSR count). The standard InChI is InChI=1S/C10H17/c1-9-6-4-3-5-7-10(2)8-9/h7,9-10H,3-4,6,8H2,1-2H3. The number of hydrogen-bond acceptors (Lipinski definition) is 0. The van der Waals surface area contributed by atoms with Gasteiger partial charge in [-0.25, -0.2) is 0 Å². The Morgan fingerprint density at radius 1 is 1.40 bits per heavy atom. The van der Waals surface area contributed by atoms with Crippen molar-refractivity contribution in [1.82, 2.24) is 0 Å². The van der Waals surface area contributed by atoms with Gasteiger partial charge in [-0.2, -0.15) is 0 Å². The summed E-state index contributed by atoms with van der Waals surface area (Å²) in [5.74, 6) is 1.68. The van der Waals surface area contributed by atoms with Crippen LogP contribution in [0.3, 0.4) is 0 Å². The van der Waals surface area contributed by atoms with E-state index in [-0.39, 0.29) is 0 Å². The van der Waals surface area contributed by atoms with E-state index in [1.165, 1.54) is 25.7 Å². The van der Waals surface area contributed by atoms with Crippen molar-refractivity contribution in [2.45, 2.75) is 39.5 Å². The second kappa shape index (κ2) is 3.80. The van der Waals surface area contributed by atoms with Crippen molar-refractivity contribution in [3.05, 3.63) is 12.2 Å². The molecule has 0 saturated carbocycles. The van der Waals surface area contributed by atoms with Crippen LogP contribution in [0.2, 0.25) is 0 Å². The molecule has 0 saturated heterocycles. The molecule has 1 aliphatic carbocycles. The van der Waals surface area contributed by atoms with Crippen molar-refractivity contribution in [3.63, 3.8) is 0 Å². The highest BCUT2D eigenvalue weighted by Crippen LogP contribution is 2.21. The molecule has 0 aliphatic heterocycles. The first-order valence-electron chi connectivity index (χ1n) is 4.36. The quantitative estimate of drug-likeness (QED) is 0.481. The number of rotatable bonds is 0. The second-order valence-corrected chi connectivity index (χ2v) is 3.58. The first kappa shape index (κ1) is 7.84. The highest BCUT2D eigenvalue weighted by molar-refractivity contribution is 4.83. The maximum Gasteiger partial charge on any atom is -0.0254 e. The summed E-state index contributed by atoms with van der Waals surface area (Å²) in [5, 5.41) is 0. The normalized spacial score (nSPS) is 38.2. The Morgan fingerprint density at radius 2 is 2.20 bits per heavy atom. The fourth-order valence-corrected chi connectivity index (χ4v) is 1.66. The number of allylic oxidation sites excluding steroid dienone is 2. The molecule has 1 aliphatic rings. The molecule has 0 aromatic rings. The van der Waals surface area contributed by atoms with Gasteiger partial charge in [0.15, 0.2) is 0 Å². The van der Waals surface area contributed by atoms with E-state index in [4.69, 9.17) is 0 Å². The highest BCUT2D eigenvalue weighted by Gasteiger charge is 2.07. The van der Waals surface area contributed by atoms with Crippen LogP contribution in [0.5, 0.6) is 0 Å². The molecule has 1 radical (unpaired) electrons. The first-order chi connectivity index (χ1) is 4.79. The van der Waals surface area contributed by atoms with E-state index in [9.17, 15) is 0 Å². The predicted octanol–water partition coefficient (Wildman–Crippen LogP) is 3.19. The van der Waals surface area contributed by atoms with Crippen LogP contribution in [0.4, 0.5) is 0 Å². The van der Waals surface area contributed by atoms with Crippen LogP contribution in [-0.4, -0.2) is 0 Å². The van der Waals surface area contributed by atoms with E-state index in [0.717, 1.165) is 11.8 Å². The Hall–Kier alpha value is -0.260. The summed E-state index contributed by atoms with van der Waals surface area (Å²) in [6.45, 7) is 4.64. The van der Waals surface area contributed by atoms with Crippen molar-refractivity contribution in [3.8, 4) is 0 Å². The minimum Gasteiger partial charge on any atom is -0.0782 e. The summed E-state index contributed by atoms with van der Waals surface area (Å²) in [6, 6.07) is 0. The topological polar surface area (TPSA) is 0 Å². The van der Waals surface area contributed by atoms with Crippen LogP contribution < -0.4 is 0 Å². The molecule has 0 amide bonds. The summed E-state index contributed by atoms with van der Waals surface area (Å²) in [7, 11) is 0. The summed E-state index contributed by atoms with van der Waals surface area (Å²) < 4.78 is 0. The van der Waals surface area contributed by atoms with Gasteiger partial charge in [-0.15, -0.1) is 0 Å². The molecule has 0 heteroatoms. The lowest BCUT2D eigenvalue weighted by Gasteiger charge is -2.15. The minimum absolute atomic E-state index is 0.760. The summed E-state index contributed by atoms with van der Waals surface area (Å²) in [6.07, 6.45) is 10.8. The van der Waals surface area contributed by atoms with Gasteiger partial charge >= 0.3 is 0 Å². The fourth-order valence-electron chi connectivity index (χ4n) is 1.66. The molecule has 10 heavy (non-hydrogen) atoms. The maximum atomic E-state index is 3.33. The van der Waals surface area contributed by atoms with Gasteiger partial charge in [-0.3, -0.25) is 0 Å². The molecule has 0 heterocycles. The average Bonchev–Trinajstić information content (AvgIpc) is 1.83. The van der Waals surface area contributed by atoms with Crippen LogP contribution in [0, 0.1) is 17.9 Å². The van der Waals surface area contributed by atoms with Gasteiger partial charge < -0.3 is 0 Å². The molecule has 0 N–H and O–H groups in total. The van der Waals surface area contributed by atoms with Gasteiger partial charge in [-0.1, -0.05) is 26.3 Å². The van der Waals surface area contributed by atoms with E-state index in [0.29, 0.717) is 0 Å². The third-order valence-electron chi connectivity index (χ3n) is 2.19. The fraction of sp³-hybridized carbons (Fsp3) is 0.800. The average molecular weight is 137 g/mol. The van der Waals surface area contributed by atoms with Crippen LogP contribution in [0.15, 0.2) is 6.08 Å². The van der Waals surface area contributed by atoms with E-state index in [1.807, 2.05) is 0 Å². The third-order valence-corrected chi connectivity index (χ3v) is 2.19. The predicted molar refractivity (Wildman–Crippen MR) is 44.6 cm³/mol. The van der Waals surface area contributed by atoms with Crippen LogP contribution in [0.1, 0.15) is 39.5 Å². The number of hydrogen-bond donors (Lipinski definition) is 0. The zero-order valence-corrected chi connectivity index (χ0v) is 7.06. The molecule has 2 atom stereocenters. The van der Waals surface area contributed by atoms with E-state index in [2.05, 4.69) is 26.0 Å². The summed E-state index contributed by atoms with van der Waals surface area (Å²) in [5.41, 5.74) is 0. The molecule has 0 nitrogen and oxygen atoms in total. The summed E-state index contributed by atoms with van der Waals surface area (Å²) in [4.78, 5) is 0. The van der Waals surface area contributed by atoms with Gasteiger partial charge in [-0.05, 0) is 37.2 Å². The molecule has 0 aromatic heterocycles. The third kappa shape index (κ3) is 2.55. The van der Waals surface area contributed by atoms with Crippen molar-refractivity contribution in [2.24, 2.45) is 11.8 Å². The Labute approximate surface area is 64.3 Å². The van der Waals surface area contributed by atoms with Crippen LogP contribution in [-0.2, 0) is 0 Å². The Kier molecular flexibility index (Phi) is 2.98. The van der Waals surface area contributed by atoms with E-state index in [1.54, 1.807) is 0 Å². The lowest BCUT2D eigenvalue weighted by atomic mass is 9.90. The zero-order valence-electron chi connectivity index (χ0n) is 7.06. The van der Waals surface area contributed by atoms with Gasteiger partial charge in [0.1, 0.15) is 0 Å². The summed E-state index contributed by atoms with van der Waals surface area (Å²) >= 11 is 0. The largest absolute Gasteiger partial charge is 0.0782 e. The second-order valence-electron chi connectivity index (χ2n) is 3.58. The van der Waals surface area contributed by atoms with Gasteiger partial charge in [0.2, 0.25) is 0 Å². The zero-order chi connectivity index (χ0) is 7.40. The van der Waals surface area contributed by atoms with Gasteiger partial charge in [0.05, 0.1) is 0 Å². The van der Waals surface area contributed by atoms with Gasteiger partial charge in [0.25, 0.3) is 0 Å². The van der Waals surface area contributed by atoms with E-state index < -0.39 is 0 Å². The molecule has 0 spiro atoms. The molecule has 57 valence electrons. The smallest absolute Gasteiger partial charge is 0.0254 e. The van der Waals surface area contributed by atoms with Crippen molar-refractivity contribution < 1.29 is 0 Å². The SMILES string of the molecule is CC1/C=[C]\CCCC(C)C1. The minimum atomic E-state index is 0.760. The van der Waals surface area contributed by atoms with Gasteiger partial charge in [0, 0.05) is 0 Å². The lowest BCUT2D eigenvalue weighted by Crippen LogP contribution is -2.03. The Bertz CT molecular complexity index is 113. The molecular formula is C10H17. The molecule has 0 aromatic carbocycles. The molecule has 2 unspecified atom stereocenters. The monoisotopic (exact) mass is 137 g/mol. The Morgan fingerprint density at radius 3 is 3.00 bits per heavy atom. The maximum absolute atomic E-state index is 3.33. The van der Waals surface area contributed by atoms with E-state index >= 15 is 0 Å². The van der Waals surface area contributed by atoms with Crippen molar-refractivity contribution in [2.75, 3.05) is 0 Å². The molecular weight excluding hydrogens is 120 g/mol.